The van der Waals surface area contributed by atoms with Gasteiger partial charge in [-0.2, -0.15) is 10.1 Å². The average molecular weight is 393 g/mol. The molecule has 1 N–H and O–H groups in total. The van der Waals surface area contributed by atoms with Gasteiger partial charge in [-0.1, -0.05) is 11.6 Å². The zero-order valence-electron chi connectivity index (χ0n) is 15.4. The van der Waals surface area contributed by atoms with Crippen molar-refractivity contribution in [1.29, 1.82) is 0 Å². The van der Waals surface area contributed by atoms with Crippen molar-refractivity contribution in [2.45, 2.75) is 6.92 Å². The molecule has 1 aliphatic rings. The lowest BCUT2D eigenvalue weighted by Crippen LogP contribution is -2.48. The first-order chi connectivity index (χ1) is 13.0. The first-order valence-corrected chi connectivity index (χ1v) is 8.78. The summed E-state index contributed by atoms with van der Waals surface area (Å²) in [5.41, 5.74) is 0.610. The number of carbonyl (C=O) groups is 1. The van der Waals surface area contributed by atoms with E-state index in [9.17, 15) is 4.79 Å². The van der Waals surface area contributed by atoms with Crippen molar-refractivity contribution < 1.29 is 14.3 Å². The van der Waals surface area contributed by atoms with Crippen LogP contribution in [0.5, 0.6) is 11.5 Å². The van der Waals surface area contributed by atoms with Crippen molar-refractivity contribution in [1.82, 2.24) is 20.1 Å². The SMILES string of the molecule is COc1cc(Nc2nncc(N3CCN(C(C)=O)CC3)n2)c(OC)cc1Cl. The summed E-state index contributed by atoms with van der Waals surface area (Å²) in [6.45, 7) is 4.28. The molecule has 0 spiro atoms. The second kappa shape index (κ2) is 8.26. The third-order valence-corrected chi connectivity index (χ3v) is 4.61. The molecule has 1 aliphatic heterocycles. The molecule has 9 nitrogen and oxygen atoms in total. The van der Waals surface area contributed by atoms with Crippen LogP contribution in [0.4, 0.5) is 17.5 Å². The summed E-state index contributed by atoms with van der Waals surface area (Å²) < 4.78 is 10.6. The van der Waals surface area contributed by atoms with Crippen LogP contribution >= 0.6 is 11.6 Å². The fraction of sp³-hybridized carbons (Fsp3) is 0.412. The highest BCUT2D eigenvalue weighted by molar-refractivity contribution is 6.32. The van der Waals surface area contributed by atoms with E-state index < -0.39 is 0 Å². The van der Waals surface area contributed by atoms with E-state index in [4.69, 9.17) is 21.1 Å². The number of piperazine rings is 1. The Morgan fingerprint density at radius 3 is 2.48 bits per heavy atom. The highest BCUT2D eigenvalue weighted by Gasteiger charge is 2.20. The Kier molecular flexibility index (Phi) is 5.80. The molecule has 0 aliphatic carbocycles. The number of ether oxygens (including phenoxy) is 2. The van der Waals surface area contributed by atoms with Crippen molar-refractivity contribution in [3.8, 4) is 11.5 Å². The smallest absolute Gasteiger partial charge is 0.249 e. The van der Waals surface area contributed by atoms with Crippen LogP contribution in [0, 0.1) is 0 Å². The molecule has 27 heavy (non-hydrogen) atoms. The lowest BCUT2D eigenvalue weighted by Gasteiger charge is -2.34. The van der Waals surface area contributed by atoms with Crippen LogP contribution in [-0.2, 0) is 4.79 Å². The topological polar surface area (TPSA) is 92.7 Å². The Hall–Kier alpha value is -2.81. The number of hydrogen-bond acceptors (Lipinski definition) is 8. The maximum absolute atomic E-state index is 11.5. The van der Waals surface area contributed by atoms with Crippen LogP contribution in [0.2, 0.25) is 5.02 Å². The van der Waals surface area contributed by atoms with E-state index >= 15 is 0 Å². The summed E-state index contributed by atoms with van der Waals surface area (Å²) in [4.78, 5) is 19.9. The molecule has 1 fully saturated rings. The quantitative estimate of drug-likeness (QED) is 0.825. The summed E-state index contributed by atoms with van der Waals surface area (Å²) >= 11 is 6.13. The van der Waals surface area contributed by atoms with Gasteiger partial charge in [-0.25, -0.2) is 0 Å². The van der Waals surface area contributed by atoms with E-state index in [1.54, 1.807) is 32.4 Å². The van der Waals surface area contributed by atoms with Gasteiger partial charge in [-0.05, 0) is 0 Å². The summed E-state index contributed by atoms with van der Waals surface area (Å²) in [7, 11) is 3.09. The van der Waals surface area contributed by atoms with Gasteiger partial charge in [0.25, 0.3) is 0 Å². The third-order valence-electron chi connectivity index (χ3n) is 4.32. The van der Waals surface area contributed by atoms with Crippen molar-refractivity contribution in [3.63, 3.8) is 0 Å². The zero-order valence-corrected chi connectivity index (χ0v) is 16.2. The maximum atomic E-state index is 11.5. The minimum Gasteiger partial charge on any atom is -0.495 e. The Morgan fingerprint density at radius 2 is 1.85 bits per heavy atom. The summed E-state index contributed by atoms with van der Waals surface area (Å²) in [5.74, 6) is 2.13. The Morgan fingerprint density at radius 1 is 1.15 bits per heavy atom. The normalized spacial score (nSPS) is 14.1. The highest BCUT2D eigenvalue weighted by atomic mass is 35.5. The number of rotatable bonds is 5. The maximum Gasteiger partial charge on any atom is 0.249 e. The van der Waals surface area contributed by atoms with E-state index in [-0.39, 0.29) is 5.91 Å². The van der Waals surface area contributed by atoms with Gasteiger partial charge in [0.1, 0.15) is 11.5 Å². The molecule has 0 atom stereocenters. The second-order valence-corrected chi connectivity index (χ2v) is 6.35. The molecule has 2 aromatic rings. The standard InChI is InChI=1S/C17H21ClN6O3/c1-11(25)23-4-6-24(7-5-23)16-10-19-22-17(21-16)20-13-9-14(26-2)12(18)8-15(13)27-3/h8-10H,4-7H2,1-3H3,(H,20,21,22). The molecular weight excluding hydrogens is 372 g/mol. The molecule has 1 aromatic carbocycles. The fourth-order valence-electron chi connectivity index (χ4n) is 2.83. The van der Waals surface area contributed by atoms with Crippen LogP contribution < -0.4 is 19.7 Å². The van der Waals surface area contributed by atoms with Gasteiger partial charge in [0.05, 0.1) is 31.1 Å². The minimum atomic E-state index is 0.0848. The molecule has 3 rings (SSSR count). The molecule has 144 valence electrons. The molecule has 1 aromatic heterocycles. The van der Waals surface area contributed by atoms with Crippen LogP contribution in [0.3, 0.4) is 0 Å². The first-order valence-electron chi connectivity index (χ1n) is 8.40. The minimum absolute atomic E-state index is 0.0848. The largest absolute Gasteiger partial charge is 0.495 e. The van der Waals surface area contributed by atoms with Gasteiger partial charge >= 0.3 is 0 Å². The van der Waals surface area contributed by atoms with Gasteiger partial charge in [0.2, 0.25) is 11.9 Å². The van der Waals surface area contributed by atoms with Crippen LogP contribution in [0.25, 0.3) is 0 Å². The van der Waals surface area contributed by atoms with E-state index in [0.29, 0.717) is 60.2 Å². The van der Waals surface area contributed by atoms with Crippen LogP contribution in [-0.4, -0.2) is 66.4 Å². The molecular formula is C17H21ClN6O3. The van der Waals surface area contributed by atoms with Crippen molar-refractivity contribution in [3.05, 3.63) is 23.4 Å². The number of halogens is 1. The van der Waals surface area contributed by atoms with E-state index in [2.05, 4.69) is 25.4 Å². The average Bonchev–Trinajstić information content (AvgIpc) is 2.69. The second-order valence-electron chi connectivity index (χ2n) is 5.94. The number of methoxy groups -OCH3 is 2. The predicted octanol–water partition coefficient (Wildman–Crippen LogP) is 1.95. The Balaban J connectivity index is 1.78. The van der Waals surface area contributed by atoms with Crippen molar-refractivity contribution >= 4 is 35.0 Å². The van der Waals surface area contributed by atoms with Gasteiger partial charge in [0.15, 0.2) is 5.82 Å². The summed E-state index contributed by atoms with van der Waals surface area (Å²) in [5, 5.41) is 11.6. The molecule has 0 bridgehead atoms. The number of nitrogens with zero attached hydrogens (tertiary/aromatic N) is 5. The molecule has 1 saturated heterocycles. The number of nitrogens with one attached hydrogen (secondary N) is 1. The van der Waals surface area contributed by atoms with Gasteiger partial charge in [-0.15, -0.1) is 5.10 Å². The zero-order chi connectivity index (χ0) is 19.4. The highest BCUT2D eigenvalue weighted by Crippen LogP contribution is 2.36. The predicted molar refractivity (Wildman–Crippen MR) is 102 cm³/mol. The molecule has 1 amide bonds. The number of hydrogen-bond donors (Lipinski definition) is 1. The van der Waals surface area contributed by atoms with E-state index in [1.165, 1.54) is 7.11 Å². The molecule has 0 saturated carbocycles. The van der Waals surface area contributed by atoms with Gasteiger partial charge < -0.3 is 24.6 Å². The lowest BCUT2D eigenvalue weighted by atomic mass is 10.2. The fourth-order valence-corrected chi connectivity index (χ4v) is 3.06. The van der Waals surface area contributed by atoms with Gasteiger partial charge in [-0.3, -0.25) is 4.79 Å². The monoisotopic (exact) mass is 392 g/mol. The van der Waals surface area contributed by atoms with Gasteiger partial charge in [0, 0.05) is 45.2 Å². The van der Waals surface area contributed by atoms with Crippen molar-refractivity contribution in [2.75, 3.05) is 50.6 Å². The first kappa shape index (κ1) is 19.0. The number of amides is 1. The van der Waals surface area contributed by atoms with E-state index in [0.717, 1.165) is 0 Å². The number of benzene rings is 1. The third kappa shape index (κ3) is 4.30. The lowest BCUT2D eigenvalue weighted by molar-refractivity contribution is -0.129. The number of aromatic nitrogens is 3. The molecule has 0 unspecified atom stereocenters. The number of anilines is 3. The van der Waals surface area contributed by atoms with Crippen LogP contribution in [0.1, 0.15) is 6.92 Å². The van der Waals surface area contributed by atoms with Crippen molar-refractivity contribution in [2.24, 2.45) is 0 Å². The number of carbonyl (C=O) groups excluding carboxylic acids is 1. The van der Waals surface area contributed by atoms with Crippen LogP contribution in [0.15, 0.2) is 18.3 Å². The molecule has 0 radical (unpaired) electrons. The summed E-state index contributed by atoms with van der Waals surface area (Å²) in [6.07, 6.45) is 1.61. The van der Waals surface area contributed by atoms with E-state index in [1.807, 2.05) is 4.90 Å². The molecule has 10 heteroatoms. The molecule has 2 heterocycles. The summed E-state index contributed by atoms with van der Waals surface area (Å²) in [6, 6.07) is 3.36. The Labute approximate surface area is 162 Å². The Bertz CT molecular complexity index is 826.